The van der Waals surface area contributed by atoms with Crippen molar-refractivity contribution in [1.82, 2.24) is 15.8 Å². The molecule has 0 spiro atoms. The predicted molar refractivity (Wildman–Crippen MR) is 82.4 cm³/mol. The lowest BCUT2D eigenvalue weighted by atomic mass is 10.2. The number of amides is 2. The average Bonchev–Trinajstić information content (AvgIpc) is 2.52. The van der Waals surface area contributed by atoms with Gasteiger partial charge in [-0.25, -0.2) is 4.98 Å². The fourth-order valence-electron chi connectivity index (χ4n) is 1.62. The third-order valence-electron chi connectivity index (χ3n) is 2.62. The Morgan fingerprint density at radius 1 is 1.05 bits per heavy atom. The molecule has 21 heavy (non-hydrogen) atoms. The van der Waals surface area contributed by atoms with Crippen LogP contribution in [0.5, 0.6) is 0 Å². The molecule has 0 unspecified atom stereocenters. The number of rotatable bonds is 3. The maximum Gasteiger partial charge on any atom is 0.272 e. The van der Waals surface area contributed by atoms with Gasteiger partial charge in [0, 0.05) is 6.20 Å². The molecule has 0 saturated heterocycles. The van der Waals surface area contributed by atoms with Crippen molar-refractivity contribution in [2.24, 2.45) is 0 Å². The van der Waals surface area contributed by atoms with E-state index < -0.39 is 11.8 Å². The minimum absolute atomic E-state index is 0.288. The average molecular weight is 322 g/mol. The summed E-state index contributed by atoms with van der Waals surface area (Å²) < 4.78 is 0. The third-order valence-corrected chi connectivity index (χ3v) is 3.66. The number of hydrazine groups is 1. The molecule has 1 aromatic carbocycles. The summed E-state index contributed by atoms with van der Waals surface area (Å²) in [5.41, 5.74) is 5.36. The molecular weight excluding hydrogens is 310 g/mol. The second-order valence-corrected chi connectivity index (χ2v) is 5.15. The Morgan fingerprint density at radius 3 is 2.33 bits per heavy atom. The number of carbonyl (C=O) groups is 2. The van der Waals surface area contributed by atoms with Crippen LogP contribution in [0, 0.1) is 0 Å². The van der Waals surface area contributed by atoms with E-state index in [9.17, 15) is 9.59 Å². The molecule has 2 rings (SSSR count). The molecule has 1 aromatic heterocycles. The number of hydrogen-bond donors (Lipinski definition) is 2. The molecular formula is C14H12ClN3O2S. The van der Waals surface area contributed by atoms with E-state index >= 15 is 0 Å². The number of thioether (sulfide) groups is 1. The van der Waals surface area contributed by atoms with Crippen molar-refractivity contribution in [3.63, 3.8) is 0 Å². The lowest BCUT2D eigenvalue weighted by Crippen LogP contribution is -2.42. The molecule has 0 aliphatic carbocycles. The van der Waals surface area contributed by atoms with E-state index in [0.29, 0.717) is 15.6 Å². The first-order valence-electron chi connectivity index (χ1n) is 5.97. The van der Waals surface area contributed by atoms with Gasteiger partial charge >= 0.3 is 0 Å². The SMILES string of the molecule is CSc1ncccc1C(=O)NNC(=O)c1ccccc1Cl. The van der Waals surface area contributed by atoms with Crippen LogP contribution in [-0.4, -0.2) is 23.1 Å². The summed E-state index contributed by atoms with van der Waals surface area (Å²) >= 11 is 7.26. The van der Waals surface area contributed by atoms with Crippen molar-refractivity contribution >= 4 is 35.2 Å². The standard InChI is InChI=1S/C14H12ClN3O2S/c1-21-14-10(6-4-8-16-14)13(20)18-17-12(19)9-5-2-3-7-11(9)15/h2-8H,1H3,(H,17,19)(H,18,20). The molecule has 108 valence electrons. The summed E-state index contributed by atoms with van der Waals surface area (Å²) in [4.78, 5) is 28.0. The Morgan fingerprint density at radius 2 is 1.67 bits per heavy atom. The first kappa shape index (κ1) is 15.3. The Kier molecular flexibility index (Phi) is 5.19. The van der Waals surface area contributed by atoms with Crippen LogP contribution in [0.25, 0.3) is 0 Å². The van der Waals surface area contributed by atoms with Crippen LogP contribution >= 0.6 is 23.4 Å². The molecule has 1 heterocycles. The number of nitrogens with one attached hydrogen (secondary N) is 2. The molecule has 2 N–H and O–H groups in total. The maximum absolute atomic E-state index is 12.0. The molecule has 0 bridgehead atoms. The first-order valence-corrected chi connectivity index (χ1v) is 7.58. The van der Waals surface area contributed by atoms with Crippen molar-refractivity contribution in [2.75, 3.05) is 6.26 Å². The molecule has 5 nitrogen and oxygen atoms in total. The second kappa shape index (κ2) is 7.10. The molecule has 0 atom stereocenters. The van der Waals surface area contributed by atoms with E-state index in [1.54, 1.807) is 42.6 Å². The number of benzene rings is 1. The van der Waals surface area contributed by atoms with Gasteiger partial charge in [0.25, 0.3) is 11.8 Å². The topological polar surface area (TPSA) is 71.1 Å². The highest BCUT2D eigenvalue weighted by Crippen LogP contribution is 2.16. The molecule has 0 saturated carbocycles. The van der Waals surface area contributed by atoms with E-state index in [-0.39, 0.29) is 5.56 Å². The summed E-state index contributed by atoms with van der Waals surface area (Å²) in [7, 11) is 0. The number of nitrogens with zero attached hydrogens (tertiary/aromatic N) is 1. The van der Waals surface area contributed by atoms with Gasteiger partial charge in [0.2, 0.25) is 0 Å². The lowest BCUT2D eigenvalue weighted by Gasteiger charge is -2.09. The third kappa shape index (κ3) is 3.74. The highest BCUT2D eigenvalue weighted by Gasteiger charge is 2.14. The van der Waals surface area contributed by atoms with Crippen molar-refractivity contribution in [2.45, 2.75) is 5.03 Å². The van der Waals surface area contributed by atoms with Crippen molar-refractivity contribution in [3.8, 4) is 0 Å². The van der Waals surface area contributed by atoms with Gasteiger partial charge in [0.15, 0.2) is 0 Å². The molecule has 0 aliphatic heterocycles. The normalized spacial score (nSPS) is 10.0. The Bertz CT molecular complexity index is 679. The van der Waals surface area contributed by atoms with Gasteiger partial charge in [-0.2, -0.15) is 0 Å². The van der Waals surface area contributed by atoms with Crippen molar-refractivity contribution in [3.05, 3.63) is 58.7 Å². The number of pyridine rings is 1. The highest BCUT2D eigenvalue weighted by molar-refractivity contribution is 7.98. The second-order valence-electron chi connectivity index (χ2n) is 3.95. The number of halogens is 1. The Balaban J connectivity index is 2.05. The molecule has 2 aromatic rings. The van der Waals surface area contributed by atoms with E-state index in [2.05, 4.69) is 15.8 Å². The van der Waals surface area contributed by atoms with Gasteiger partial charge in [-0.05, 0) is 30.5 Å². The zero-order valence-corrected chi connectivity index (χ0v) is 12.7. The zero-order valence-electron chi connectivity index (χ0n) is 11.1. The largest absolute Gasteiger partial charge is 0.272 e. The Labute approximate surface area is 131 Å². The monoisotopic (exact) mass is 321 g/mol. The van der Waals surface area contributed by atoms with Gasteiger partial charge in [0.05, 0.1) is 16.1 Å². The maximum atomic E-state index is 12.0. The summed E-state index contributed by atoms with van der Waals surface area (Å²) in [6.07, 6.45) is 3.42. The minimum Gasteiger partial charge on any atom is -0.267 e. The highest BCUT2D eigenvalue weighted by atomic mass is 35.5. The lowest BCUT2D eigenvalue weighted by molar-refractivity contribution is 0.0844. The fraction of sp³-hybridized carbons (Fsp3) is 0.0714. The Hall–Kier alpha value is -2.05. The molecule has 0 aliphatic rings. The summed E-state index contributed by atoms with van der Waals surface area (Å²) in [6, 6.07) is 9.88. The van der Waals surface area contributed by atoms with Crippen LogP contribution in [0.3, 0.4) is 0 Å². The van der Waals surface area contributed by atoms with Crippen molar-refractivity contribution in [1.29, 1.82) is 0 Å². The number of carbonyl (C=O) groups excluding carboxylic acids is 2. The number of hydrogen-bond acceptors (Lipinski definition) is 4. The van der Waals surface area contributed by atoms with E-state index in [1.807, 2.05) is 6.26 Å². The van der Waals surface area contributed by atoms with Crippen LogP contribution in [0.15, 0.2) is 47.6 Å². The van der Waals surface area contributed by atoms with Crippen LogP contribution in [-0.2, 0) is 0 Å². The summed E-state index contributed by atoms with van der Waals surface area (Å²) in [6.45, 7) is 0. The van der Waals surface area contributed by atoms with Crippen LogP contribution in [0.4, 0.5) is 0 Å². The molecule has 0 radical (unpaired) electrons. The summed E-state index contributed by atoms with van der Waals surface area (Å²) in [5.74, 6) is -0.920. The quantitative estimate of drug-likeness (QED) is 0.673. The zero-order chi connectivity index (χ0) is 15.2. The smallest absolute Gasteiger partial charge is 0.267 e. The van der Waals surface area contributed by atoms with Crippen molar-refractivity contribution < 1.29 is 9.59 Å². The van der Waals surface area contributed by atoms with Crippen LogP contribution < -0.4 is 10.9 Å². The molecule has 7 heteroatoms. The fourth-order valence-corrected chi connectivity index (χ4v) is 2.39. The van der Waals surface area contributed by atoms with Crippen LogP contribution in [0.1, 0.15) is 20.7 Å². The predicted octanol–water partition coefficient (Wildman–Crippen LogP) is 2.53. The van der Waals surface area contributed by atoms with Gasteiger partial charge < -0.3 is 0 Å². The van der Waals surface area contributed by atoms with E-state index in [0.717, 1.165) is 0 Å². The molecule has 2 amide bonds. The van der Waals surface area contributed by atoms with Gasteiger partial charge in [-0.1, -0.05) is 23.7 Å². The van der Waals surface area contributed by atoms with E-state index in [4.69, 9.17) is 11.6 Å². The summed E-state index contributed by atoms with van der Waals surface area (Å²) in [5, 5.41) is 0.900. The first-order chi connectivity index (χ1) is 10.1. The van der Waals surface area contributed by atoms with Gasteiger partial charge in [-0.15, -0.1) is 11.8 Å². The number of aromatic nitrogens is 1. The molecule has 0 fully saturated rings. The van der Waals surface area contributed by atoms with Gasteiger partial charge in [0.1, 0.15) is 5.03 Å². The van der Waals surface area contributed by atoms with E-state index in [1.165, 1.54) is 11.8 Å². The van der Waals surface area contributed by atoms with Gasteiger partial charge in [-0.3, -0.25) is 20.4 Å². The van der Waals surface area contributed by atoms with Crippen LogP contribution in [0.2, 0.25) is 5.02 Å². The minimum atomic E-state index is -0.483.